The Morgan fingerprint density at radius 3 is 2.75 bits per heavy atom. The molecule has 0 fully saturated rings. The van der Waals surface area contributed by atoms with Crippen molar-refractivity contribution in [2.45, 2.75) is 39.7 Å². The molecule has 0 bridgehead atoms. The summed E-state index contributed by atoms with van der Waals surface area (Å²) >= 11 is 0. The van der Waals surface area contributed by atoms with Crippen LogP contribution in [0.1, 0.15) is 41.5 Å². The smallest absolute Gasteiger partial charge is 0.255 e. The summed E-state index contributed by atoms with van der Waals surface area (Å²) in [5, 5.41) is 18.6. The van der Waals surface area contributed by atoms with Crippen LogP contribution >= 0.6 is 0 Å². The highest BCUT2D eigenvalue weighted by atomic mass is 16.3. The van der Waals surface area contributed by atoms with Crippen LogP contribution < -0.4 is 5.32 Å². The van der Waals surface area contributed by atoms with E-state index in [0.717, 1.165) is 12.1 Å². The van der Waals surface area contributed by atoms with Crippen molar-refractivity contribution in [2.75, 3.05) is 6.54 Å². The maximum Gasteiger partial charge on any atom is 0.255 e. The summed E-state index contributed by atoms with van der Waals surface area (Å²) in [6, 6.07) is 0. The Balaban J connectivity index is 2.41. The van der Waals surface area contributed by atoms with Crippen molar-refractivity contribution in [1.82, 2.24) is 15.5 Å². The molecule has 0 aliphatic carbocycles. The molecule has 0 spiro atoms. The first kappa shape index (κ1) is 12.7. The predicted molar refractivity (Wildman–Crippen MR) is 61.3 cm³/mol. The van der Waals surface area contributed by atoms with Crippen molar-refractivity contribution in [3.63, 3.8) is 0 Å². The number of hydrogen-bond donors (Lipinski definition) is 3. The minimum atomic E-state index is -0.311. The molecule has 0 aromatic carbocycles. The number of aromatic amines is 1. The highest BCUT2D eigenvalue weighted by molar-refractivity contribution is 5.96. The van der Waals surface area contributed by atoms with E-state index in [1.165, 1.54) is 0 Å². The molecule has 1 heterocycles. The van der Waals surface area contributed by atoms with Gasteiger partial charge in [-0.05, 0) is 33.6 Å². The first-order valence-electron chi connectivity index (χ1n) is 5.50. The first-order chi connectivity index (χ1) is 7.52. The van der Waals surface area contributed by atoms with Crippen LogP contribution in [-0.4, -0.2) is 33.9 Å². The molecule has 3 N–H and O–H groups in total. The van der Waals surface area contributed by atoms with Crippen molar-refractivity contribution in [3.8, 4) is 0 Å². The van der Waals surface area contributed by atoms with Crippen LogP contribution in [-0.2, 0) is 0 Å². The van der Waals surface area contributed by atoms with Crippen molar-refractivity contribution in [2.24, 2.45) is 0 Å². The molecule has 16 heavy (non-hydrogen) atoms. The van der Waals surface area contributed by atoms with Gasteiger partial charge >= 0.3 is 0 Å². The number of hydrogen-bond acceptors (Lipinski definition) is 3. The summed E-state index contributed by atoms with van der Waals surface area (Å²) in [4.78, 5) is 11.8. The van der Waals surface area contributed by atoms with Crippen LogP contribution in [0, 0.1) is 13.8 Å². The lowest BCUT2D eigenvalue weighted by molar-refractivity contribution is 0.0948. The first-order valence-corrected chi connectivity index (χ1v) is 5.50. The molecule has 0 saturated carbocycles. The zero-order valence-electron chi connectivity index (χ0n) is 10.0. The molecular weight excluding hydrogens is 206 g/mol. The molecule has 5 heteroatoms. The largest absolute Gasteiger partial charge is 0.393 e. The molecule has 1 atom stereocenters. The number of nitrogens with one attached hydrogen (secondary N) is 2. The van der Waals surface area contributed by atoms with Gasteiger partial charge in [-0.3, -0.25) is 9.89 Å². The van der Waals surface area contributed by atoms with Gasteiger partial charge in [0.2, 0.25) is 0 Å². The number of amides is 1. The van der Waals surface area contributed by atoms with Gasteiger partial charge in [0, 0.05) is 12.2 Å². The summed E-state index contributed by atoms with van der Waals surface area (Å²) in [6.07, 6.45) is 1.16. The van der Waals surface area contributed by atoms with Crippen molar-refractivity contribution >= 4 is 5.91 Å². The number of aliphatic hydroxyl groups is 1. The van der Waals surface area contributed by atoms with E-state index in [1.54, 1.807) is 13.8 Å². The fourth-order valence-corrected chi connectivity index (χ4v) is 1.57. The van der Waals surface area contributed by atoms with E-state index in [-0.39, 0.29) is 12.0 Å². The SMILES string of the molecule is Cc1n[nH]c(C)c1C(=O)NCCCC(C)O. The van der Waals surface area contributed by atoms with Gasteiger partial charge in [0.15, 0.2) is 0 Å². The van der Waals surface area contributed by atoms with Crippen LogP contribution in [0.25, 0.3) is 0 Å². The molecule has 0 aliphatic heterocycles. The molecule has 1 aromatic heterocycles. The third kappa shape index (κ3) is 3.34. The maximum absolute atomic E-state index is 11.8. The summed E-state index contributed by atoms with van der Waals surface area (Å²) in [5.41, 5.74) is 2.12. The summed E-state index contributed by atoms with van der Waals surface area (Å²) in [7, 11) is 0. The van der Waals surface area contributed by atoms with E-state index >= 15 is 0 Å². The minimum absolute atomic E-state index is 0.102. The number of carbonyl (C=O) groups excluding carboxylic acids is 1. The van der Waals surface area contributed by atoms with Crippen LogP contribution in [0.4, 0.5) is 0 Å². The Morgan fingerprint density at radius 2 is 2.25 bits per heavy atom. The Morgan fingerprint density at radius 1 is 1.56 bits per heavy atom. The summed E-state index contributed by atoms with van der Waals surface area (Å²) in [5.74, 6) is -0.102. The highest BCUT2D eigenvalue weighted by Gasteiger charge is 2.14. The lowest BCUT2D eigenvalue weighted by Crippen LogP contribution is -2.26. The molecule has 0 saturated heterocycles. The number of aromatic nitrogens is 2. The van der Waals surface area contributed by atoms with E-state index in [9.17, 15) is 4.79 Å². The van der Waals surface area contributed by atoms with E-state index in [2.05, 4.69) is 15.5 Å². The quantitative estimate of drug-likeness (QED) is 0.652. The van der Waals surface area contributed by atoms with Crippen molar-refractivity contribution < 1.29 is 9.90 Å². The van der Waals surface area contributed by atoms with Crippen LogP contribution in [0.5, 0.6) is 0 Å². The summed E-state index contributed by atoms with van der Waals surface area (Å²) < 4.78 is 0. The second-order valence-corrected chi connectivity index (χ2v) is 4.06. The minimum Gasteiger partial charge on any atom is -0.393 e. The fraction of sp³-hybridized carbons (Fsp3) is 0.636. The lowest BCUT2D eigenvalue weighted by atomic mass is 10.2. The van der Waals surface area contributed by atoms with Crippen LogP contribution in [0.3, 0.4) is 0 Å². The van der Waals surface area contributed by atoms with Gasteiger partial charge < -0.3 is 10.4 Å². The maximum atomic E-state index is 11.8. The Kier molecular flexibility index (Phi) is 4.49. The van der Waals surface area contributed by atoms with E-state index in [4.69, 9.17) is 5.11 Å². The second-order valence-electron chi connectivity index (χ2n) is 4.06. The molecule has 0 radical (unpaired) electrons. The molecule has 1 amide bonds. The van der Waals surface area contributed by atoms with Crippen LogP contribution in [0.2, 0.25) is 0 Å². The number of carbonyl (C=O) groups is 1. The molecule has 1 unspecified atom stereocenters. The van der Waals surface area contributed by atoms with E-state index < -0.39 is 0 Å². The molecule has 5 nitrogen and oxygen atoms in total. The van der Waals surface area contributed by atoms with Gasteiger partial charge in [-0.15, -0.1) is 0 Å². The molecule has 90 valence electrons. The fourth-order valence-electron chi connectivity index (χ4n) is 1.57. The average molecular weight is 225 g/mol. The monoisotopic (exact) mass is 225 g/mol. The summed E-state index contributed by atoms with van der Waals surface area (Å²) in [6.45, 7) is 5.94. The Hall–Kier alpha value is -1.36. The van der Waals surface area contributed by atoms with Gasteiger partial charge in [0.05, 0.1) is 17.4 Å². The molecule has 0 aliphatic rings. The molecule has 1 rings (SSSR count). The van der Waals surface area contributed by atoms with Gasteiger partial charge in [0.1, 0.15) is 0 Å². The topological polar surface area (TPSA) is 78.0 Å². The predicted octanol–water partition coefficient (Wildman–Crippen LogP) is 0.917. The Bertz CT molecular complexity index is 339. The van der Waals surface area contributed by atoms with Gasteiger partial charge in [0.25, 0.3) is 5.91 Å². The van der Waals surface area contributed by atoms with Crippen molar-refractivity contribution in [3.05, 3.63) is 17.0 Å². The molecule has 1 aromatic rings. The number of aryl methyl sites for hydroxylation is 2. The van der Waals surface area contributed by atoms with Crippen LogP contribution in [0.15, 0.2) is 0 Å². The van der Waals surface area contributed by atoms with E-state index in [1.807, 2.05) is 6.92 Å². The normalized spacial score (nSPS) is 12.5. The second kappa shape index (κ2) is 5.65. The lowest BCUT2D eigenvalue weighted by Gasteiger charge is -2.06. The van der Waals surface area contributed by atoms with Crippen molar-refractivity contribution in [1.29, 1.82) is 0 Å². The van der Waals surface area contributed by atoms with Gasteiger partial charge in [-0.25, -0.2) is 0 Å². The third-order valence-electron chi connectivity index (χ3n) is 2.44. The zero-order valence-corrected chi connectivity index (χ0v) is 10.0. The number of aliphatic hydroxyl groups excluding tert-OH is 1. The number of rotatable bonds is 5. The molecular formula is C11H19N3O2. The highest BCUT2D eigenvalue weighted by Crippen LogP contribution is 2.08. The standard InChI is InChI=1S/C11H19N3O2/c1-7(15)5-4-6-12-11(16)10-8(2)13-14-9(10)3/h7,15H,4-6H2,1-3H3,(H,12,16)(H,13,14). The van der Waals surface area contributed by atoms with Gasteiger partial charge in [-0.2, -0.15) is 5.10 Å². The number of nitrogens with zero attached hydrogens (tertiary/aromatic N) is 1. The van der Waals surface area contributed by atoms with E-state index in [0.29, 0.717) is 24.2 Å². The average Bonchev–Trinajstić information content (AvgIpc) is 2.53. The zero-order chi connectivity index (χ0) is 12.1. The Labute approximate surface area is 95.3 Å². The third-order valence-corrected chi connectivity index (χ3v) is 2.44. The number of H-pyrrole nitrogens is 1. The van der Waals surface area contributed by atoms with Gasteiger partial charge in [-0.1, -0.05) is 0 Å².